The molecule has 0 spiro atoms. The van der Waals surface area contributed by atoms with Gasteiger partial charge in [0.15, 0.2) is 11.5 Å². The standard InChI is InChI=1S/C7H5N5O2/c13-7(14)5-1-8-2-6(11-5)12-4-9-3-10-12/h1-4H,(H,13,14). The second-order valence-electron chi connectivity index (χ2n) is 2.41. The number of hydrogen-bond acceptors (Lipinski definition) is 5. The van der Waals surface area contributed by atoms with E-state index < -0.39 is 5.97 Å². The summed E-state index contributed by atoms with van der Waals surface area (Å²) in [6.07, 6.45) is 5.31. The van der Waals surface area contributed by atoms with Crippen LogP contribution in [-0.2, 0) is 0 Å². The van der Waals surface area contributed by atoms with E-state index >= 15 is 0 Å². The minimum Gasteiger partial charge on any atom is -0.476 e. The van der Waals surface area contributed by atoms with Crippen LogP contribution in [0.4, 0.5) is 0 Å². The molecule has 1 N–H and O–H groups in total. The minimum atomic E-state index is -1.13. The second-order valence-corrected chi connectivity index (χ2v) is 2.41. The van der Waals surface area contributed by atoms with E-state index in [-0.39, 0.29) is 5.69 Å². The summed E-state index contributed by atoms with van der Waals surface area (Å²) in [5.74, 6) is -0.804. The summed E-state index contributed by atoms with van der Waals surface area (Å²) in [5.41, 5.74) is -0.127. The lowest BCUT2D eigenvalue weighted by molar-refractivity contribution is 0.0690. The normalized spacial score (nSPS) is 10.0. The highest BCUT2D eigenvalue weighted by molar-refractivity contribution is 5.85. The van der Waals surface area contributed by atoms with Crippen molar-refractivity contribution < 1.29 is 9.90 Å². The number of carbonyl (C=O) groups is 1. The molecule has 0 radical (unpaired) electrons. The molecule has 70 valence electrons. The molecular weight excluding hydrogens is 186 g/mol. The predicted molar refractivity (Wildman–Crippen MR) is 43.9 cm³/mol. The van der Waals surface area contributed by atoms with Crippen LogP contribution in [0.3, 0.4) is 0 Å². The van der Waals surface area contributed by atoms with Crippen LogP contribution in [0.2, 0.25) is 0 Å². The first kappa shape index (κ1) is 8.30. The van der Waals surface area contributed by atoms with Gasteiger partial charge in [-0.05, 0) is 0 Å². The van der Waals surface area contributed by atoms with Crippen molar-refractivity contribution in [1.29, 1.82) is 0 Å². The van der Waals surface area contributed by atoms with Gasteiger partial charge in [-0.25, -0.2) is 19.4 Å². The second kappa shape index (κ2) is 3.21. The summed E-state index contributed by atoms with van der Waals surface area (Å²) < 4.78 is 1.33. The lowest BCUT2D eigenvalue weighted by atomic mass is 10.4. The SMILES string of the molecule is O=C(O)c1cncc(-n2cncn2)n1. The average Bonchev–Trinajstić information content (AvgIpc) is 2.71. The molecule has 2 heterocycles. The van der Waals surface area contributed by atoms with Crippen LogP contribution in [0.25, 0.3) is 5.82 Å². The number of nitrogens with zero attached hydrogens (tertiary/aromatic N) is 5. The molecular formula is C7H5N5O2. The van der Waals surface area contributed by atoms with Crippen molar-refractivity contribution in [2.45, 2.75) is 0 Å². The van der Waals surface area contributed by atoms with Crippen LogP contribution < -0.4 is 0 Å². The summed E-state index contributed by atoms with van der Waals surface area (Å²) in [7, 11) is 0. The maximum Gasteiger partial charge on any atom is 0.356 e. The topological polar surface area (TPSA) is 93.8 Å². The summed E-state index contributed by atoms with van der Waals surface area (Å²) in [4.78, 5) is 21.8. The molecule has 0 bridgehead atoms. The molecule has 0 aliphatic carbocycles. The van der Waals surface area contributed by atoms with E-state index in [2.05, 4.69) is 20.1 Å². The fourth-order valence-corrected chi connectivity index (χ4v) is 0.896. The Morgan fingerprint density at radius 3 is 2.86 bits per heavy atom. The van der Waals surface area contributed by atoms with Crippen LogP contribution in [-0.4, -0.2) is 35.8 Å². The molecule has 2 aromatic rings. The van der Waals surface area contributed by atoms with E-state index in [1.54, 1.807) is 0 Å². The number of carboxylic acids is 1. The minimum absolute atomic E-state index is 0.127. The first-order valence-electron chi connectivity index (χ1n) is 3.68. The third-order valence-electron chi connectivity index (χ3n) is 1.49. The Labute approximate surface area is 78.1 Å². The van der Waals surface area contributed by atoms with Crippen molar-refractivity contribution in [3.8, 4) is 5.82 Å². The molecule has 2 rings (SSSR count). The zero-order chi connectivity index (χ0) is 9.97. The summed E-state index contributed by atoms with van der Waals surface area (Å²) in [6, 6.07) is 0. The fourth-order valence-electron chi connectivity index (χ4n) is 0.896. The monoisotopic (exact) mass is 191 g/mol. The maximum absolute atomic E-state index is 10.6. The van der Waals surface area contributed by atoms with Gasteiger partial charge in [-0.2, -0.15) is 5.10 Å². The number of rotatable bonds is 2. The van der Waals surface area contributed by atoms with Crippen LogP contribution in [0.15, 0.2) is 25.0 Å². The lowest BCUT2D eigenvalue weighted by Gasteiger charge is -1.98. The molecule has 7 heteroatoms. The van der Waals surface area contributed by atoms with E-state index in [4.69, 9.17) is 5.11 Å². The Morgan fingerprint density at radius 1 is 1.36 bits per heavy atom. The third kappa shape index (κ3) is 1.42. The van der Waals surface area contributed by atoms with Crippen LogP contribution in [0, 0.1) is 0 Å². The Kier molecular flexibility index (Phi) is 1.90. The van der Waals surface area contributed by atoms with Crippen LogP contribution >= 0.6 is 0 Å². The lowest BCUT2D eigenvalue weighted by Crippen LogP contribution is -2.06. The zero-order valence-corrected chi connectivity index (χ0v) is 6.90. The summed E-state index contributed by atoms with van der Waals surface area (Å²) in [6.45, 7) is 0. The molecule has 0 aromatic carbocycles. The molecule has 2 aromatic heterocycles. The molecule has 7 nitrogen and oxygen atoms in total. The van der Waals surface area contributed by atoms with E-state index in [0.717, 1.165) is 0 Å². The molecule has 0 aliphatic heterocycles. The van der Waals surface area contributed by atoms with Gasteiger partial charge in [0.1, 0.15) is 12.7 Å². The molecule has 0 atom stereocenters. The zero-order valence-electron chi connectivity index (χ0n) is 6.90. The predicted octanol–water partition coefficient (Wildman–Crippen LogP) is -0.245. The Bertz CT molecular complexity index is 453. The number of aromatic carboxylic acids is 1. The van der Waals surface area contributed by atoms with Crippen LogP contribution in [0.5, 0.6) is 0 Å². The molecule has 0 fully saturated rings. The Morgan fingerprint density at radius 2 is 2.21 bits per heavy atom. The highest BCUT2D eigenvalue weighted by Crippen LogP contribution is 2.00. The highest BCUT2D eigenvalue weighted by Gasteiger charge is 2.07. The van der Waals surface area contributed by atoms with Crippen molar-refractivity contribution in [3.63, 3.8) is 0 Å². The number of aromatic nitrogens is 5. The van der Waals surface area contributed by atoms with Gasteiger partial charge in [0.25, 0.3) is 0 Å². The van der Waals surface area contributed by atoms with E-state index in [0.29, 0.717) is 5.82 Å². The van der Waals surface area contributed by atoms with Crippen molar-refractivity contribution >= 4 is 5.97 Å². The van der Waals surface area contributed by atoms with Gasteiger partial charge in [-0.3, -0.25) is 4.98 Å². The van der Waals surface area contributed by atoms with E-state index in [1.165, 1.54) is 29.7 Å². The Balaban J connectivity index is 2.46. The number of hydrogen-bond donors (Lipinski definition) is 1. The largest absolute Gasteiger partial charge is 0.476 e. The third-order valence-corrected chi connectivity index (χ3v) is 1.49. The Hall–Kier alpha value is -2.31. The van der Waals surface area contributed by atoms with Gasteiger partial charge in [0.2, 0.25) is 0 Å². The maximum atomic E-state index is 10.6. The fraction of sp³-hybridized carbons (Fsp3) is 0. The van der Waals surface area contributed by atoms with E-state index in [1.807, 2.05) is 0 Å². The average molecular weight is 191 g/mol. The quantitative estimate of drug-likeness (QED) is 0.703. The first-order chi connectivity index (χ1) is 6.77. The first-order valence-corrected chi connectivity index (χ1v) is 3.68. The van der Waals surface area contributed by atoms with Gasteiger partial charge in [0.05, 0.1) is 12.4 Å². The molecule has 0 saturated heterocycles. The van der Waals surface area contributed by atoms with E-state index in [9.17, 15) is 4.79 Å². The van der Waals surface area contributed by atoms with Crippen molar-refractivity contribution in [2.24, 2.45) is 0 Å². The molecule has 0 amide bonds. The molecule has 0 aliphatic rings. The van der Waals surface area contributed by atoms with Gasteiger partial charge in [-0.1, -0.05) is 0 Å². The van der Waals surface area contributed by atoms with Crippen molar-refractivity contribution in [1.82, 2.24) is 24.7 Å². The summed E-state index contributed by atoms with van der Waals surface area (Å²) >= 11 is 0. The highest BCUT2D eigenvalue weighted by atomic mass is 16.4. The van der Waals surface area contributed by atoms with Gasteiger partial charge in [0, 0.05) is 0 Å². The number of carboxylic acid groups (broad SMARTS) is 1. The summed E-state index contributed by atoms with van der Waals surface area (Å²) in [5, 5.41) is 12.5. The van der Waals surface area contributed by atoms with Crippen molar-refractivity contribution in [3.05, 3.63) is 30.7 Å². The van der Waals surface area contributed by atoms with Crippen LogP contribution in [0.1, 0.15) is 10.5 Å². The van der Waals surface area contributed by atoms with Gasteiger partial charge < -0.3 is 5.11 Å². The van der Waals surface area contributed by atoms with Gasteiger partial charge >= 0.3 is 5.97 Å². The van der Waals surface area contributed by atoms with Gasteiger partial charge in [-0.15, -0.1) is 0 Å². The molecule has 14 heavy (non-hydrogen) atoms. The van der Waals surface area contributed by atoms with Crippen molar-refractivity contribution in [2.75, 3.05) is 0 Å². The molecule has 0 saturated carbocycles. The smallest absolute Gasteiger partial charge is 0.356 e. The molecule has 0 unspecified atom stereocenters.